The summed E-state index contributed by atoms with van der Waals surface area (Å²) in [4.78, 5) is 19.7. The molecule has 0 unspecified atom stereocenters. The number of halogens is 1. The molecule has 4 aromatic rings. The van der Waals surface area contributed by atoms with Crippen molar-refractivity contribution in [2.75, 3.05) is 5.32 Å². The topological polar surface area (TPSA) is 50.7 Å². The normalized spacial score (nSPS) is 15.2. The van der Waals surface area contributed by atoms with Crippen LogP contribution in [0.4, 0.5) is 10.7 Å². The first-order chi connectivity index (χ1) is 18.8. The lowest BCUT2D eigenvalue weighted by atomic mass is 9.72. The fourth-order valence-electron chi connectivity index (χ4n) is 4.88. The molecule has 0 saturated carbocycles. The highest BCUT2D eigenvalue weighted by atomic mass is 79.9. The zero-order valence-corrected chi connectivity index (χ0v) is 24.9. The Bertz CT molecular complexity index is 1450. The summed E-state index contributed by atoms with van der Waals surface area (Å²) in [5, 5.41) is 3.86. The van der Waals surface area contributed by atoms with Gasteiger partial charge in [-0.1, -0.05) is 67.0 Å². The van der Waals surface area contributed by atoms with Gasteiger partial charge in [0.1, 0.15) is 17.4 Å². The largest absolute Gasteiger partial charge is 0.489 e. The third-order valence-electron chi connectivity index (χ3n) is 7.26. The number of carbonyl (C=O) groups excluding carboxylic acids is 1. The van der Waals surface area contributed by atoms with Crippen LogP contribution in [0.5, 0.6) is 5.75 Å². The Labute approximate surface area is 243 Å². The zero-order valence-electron chi connectivity index (χ0n) is 22.5. The average Bonchev–Trinajstić information content (AvgIpc) is 3.30. The van der Waals surface area contributed by atoms with Gasteiger partial charge in [-0.05, 0) is 95.8 Å². The smallest absolute Gasteiger partial charge is 0.259 e. The number of ether oxygens (including phenoxy) is 1. The van der Waals surface area contributed by atoms with E-state index < -0.39 is 0 Å². The average molecular weight is 602 g/mol. The standard InChI is InChI=1S/C33H33BrN2O2S/c1-33(2,3)24-13-18-28-29(19-24)39-32(30(28)31(37)36-26-7-5-4-6-8-26)35-20-22-11-16-27(17-12-22)38-21-23-9-14-25(34)15-10-23/h4-12,14-17,20,24H,13,18-19,21H2,1-3H3,(H,36,37)/t24-/m0/s1. The van der Waals surface area contributed by atoms with Gasteiger partial charge >= 0.3 is 0 Å². The molecule has 0 radical (unpaired) electrons. The van der Waals surface area contributed by atoms with Crippen LogP contribution in [0.3, 0.4) is 0 Å². The van der Waals surface area contributed by atoms with Gasteiger partial charge in [-0.15, -0.1) is 11.3 Å². The monoisotopic (exact) mass is 600 g/mol. The number of para-hydroxylation sites is 1. The lowest BCUT2D eigenvalue weighted by molar-refractivity contribution is 0.102. The van der Waals surface area contributed by atoms with Crippen molar-refractivity contribution >= 4 is 50.1 Å². The maximum absolute atomic E-state index is 13.5. The second kappa shape index (κ2) is 11.9. The predicted octanol–water partition coefficient (Wildman–Crippen LogP) is 9.24. The summed E-state index contributed by atoms with van der Waals surface area (Å²) in [6.07, 6.45) is 4.83. The summed E-state index contributed by atoms with van der Waals surface area (Å²) < 4.78 is 6.99. The Balaban J connectivity index is 1.35. The molecule has 0 aliphatic heterocycles. The second-order valence-corrected chi connectivity index (χ2v) is 13.1. The van der Waals surface area contributed by atoms with Crippen molar-refractivity contribution in [1.29, 1.82) is 0 Å². The van der Waals surface area contributed by atoms with E-state index in [1.54, 1.807) is 11.3 Å². The Morgan fingerprint density at radius 1 is 1.05 bits per heavy atom. The second-order valence-electron chi connectivity index (χ2n) is 11.1. The molecule has 1 amide bonds. The van der Waals surface area contributed by atoms with Crippen LogP contribution in [0.1, 0.15) is 59.1 Å². The fourth-order valence-corrected chi connectivity index (χ4v) is 6.41. The van der Waals surface area contributed by atoms with E-state index in [4.69, 9.17) is 9.73 Å². The quantitative estimate of drug-likeness (QED) is 0.215. The first kappa shape index (κ1) is 27.4. The van der Waals surface area contributed by atoms with Gasteiger partial charge in [0.05, 0.1) is 5.56 Å². The molecule has 4 nitrogen and oxygen atoms in total. The molecule has 1 aromatic heterocycles. The van der Waals surface area contributed by atoms with Gasteiger partial charge in [-0.3, -0.25) is 4.79 Å². The minimum absolute atomic E-state index is 0.0863. The molecule has 1 heterocycles. The van der Waals surface area contributed by atoms with Crippen LogP contribution in [-0.4, -0.2) is 12.1 Å². The maximum Gasteiger partial charge on any atom is 0.259 e. The number of amides is 1. The Hall–Kier alpha value is -3.22. The zero-order chi connectivity index (χ0) is 27.4. The summed E-state index contributed by atoms with van der Waals surface area (Å²) in [7, 11) is 0. The Morgan fingerprint density at radius 3 is 2.46 bits per heavy atom. The van der Waals surface area contributed by atoms with Gasteiger partial charge in [0, 0.05) is 21.3 Å². The number of carbonyl (C=O) groups is 1. The van der Waals surface area contributed by atoms with Crippen molar-refractivity contribution in [2.24, 2.45) is 16.3 Å². The third kappa shape index (κ3) is 6.87. The van der Waals surface area contributed by atoms with Crippen LogP contribution in [0.25, 0.3) is 0 Å². The number of nitrogens with one attached hydrogen (secondary N) is 1. The molecule has 3 aromatic carbocycles. The van der Waals surface area contributed by atoms with Crippen molar-refractivity contribution in [3.8, 4) is 5.75 Å². The number of nitrogens with zero attached hydrogens (tertiary/aromatic N) is 1. The molecule has 0 fully saturated rings. The number of fused-ring (bicyclic) bond motifs is 1. The molecule has 39 heavy (non-hydrogen) atoms. The van der Waals surface area contributed by atoms with Crippen molar-refractivity contribution < 1.29 is 9.53 Å². The van der Waals surface area contributed by atoms with Crippen molar-refractivity contribution in [3.05, 3.63) is 110 Å². The van der Waals surface area contributed by atoms with E-state index >= 15 is 0 Å². The minimum Gasteiger partial charge on any atom is -0.489 e. The van der Waals surface area contributed by atoms with E-state index in [0.717, 1.165) is 62.4 Å². The number of hydrogen-bond donors (Lipinski definition) is 1. The molecule has 0 bridgehead atoms. The lowest BCUT2D eigenvalue weighted by Gasteiger charge is -2.33. The molecule has 200 valence electrons. The summed E-state index contributed by atoms with van der Waals surface area (Å²) in [6.45, 7) is 7.44. The maximum atomic E-state index is 13.5. The van der Waals surface area contributed by atoms with Crippen molar-refractivity contribution in [3.63, 3.8) is 0 Å². The predicted molar refractivity (Wildman–Crippen MR) is 166 cm³/mol. The highest BCUT2D eigenvalue weighted by molar-refractivity contribution is 9.10. The Morgan fingerprint density at radius 2 is 1.77 bits per heavy atom. The van der Waals surface area contributed by atoms with Gasteiger partial charge in [0.15, 0.2) is 0 Å². The Kier molecular flexibility index (Phi) is 8.34. The van der Waals surface area contributed by atoms with E-state index in [1.807, 2.05) is 85.1 Å². The van der Waals surface area contributed by atoms with E-state index in [-0.39, 0.29) is 11.3 Å². The summed E-state index contributed by atoms with van der Waals surface area (Å²) in [5.41, 5.74) is 4.98. The highest BCUT2D eigenvalue weighted by Crippen LogP contribution is 2.45. The molecule has 1 N–H and O–H groups in total. The first-order valence-electron chi connectivity index (χ1n) is 13.3. The number of anilines is 1. The van der Waals surface area contributed by atoms with Crippen LogP contribution < -0.4 is 10.1 Å². The first-order valence-corrected chi connectivity index (χ1v) is 14.9. The van der Waals surface area contributed by atoms with E-state index in [9.17, 15) is 4.79 Å². The molecular weight excluding hydrogens is 568 g/mol. The molecule has 1 aliphatic carbocycles. The van der Waals surface area contributed by atoms with E-state index in [0.29, 0.717) is 12.5 Å². The highest BCUT2D eigenvalue weighted by Gasteiger charge is 2.33. The van der Waals surface area contributed by atoms with Gasteiger partial charge in [-0.2, -0.15) is 0 Å². The van der Waals surface area contributed by atoms with Crippen LogP contribution >= 0.6 is 27.3 Å². The summed E-state index contributed by atoms with van der Waals surface area (Å²) in [5.74, 6) is 1.31. The molecular formula is C33H33BrN2O2S. The minimum atomic E-state index is -0.0863. The molecule has 5 rings (SSSR count). The van der Waals surface area contributed by atoms with Crippen LogP contribution in [-0.2, 0) is 19.4 Å². The van der Waals surface area contributed by atoms with Crippen molar-refractivity contribution in [1.82, 2.24) is 0 Å². The van der Waals surface area contributed by atoms with Crippen LogP contribution in [0.2, 0.25) is 0 Å². The fraction of sp³-hybridized carbons (Fsp3) is 0.273. The van der Waals surface area contributed by atoms with E-state index in [2.05, 4.69) is 42.0 Å². The molecule has 0 saturated heterocycles. The molecule has 0 spiro atoms. The van der Waals surface area contributed by atoms with E-state index in [1.165, 1.54) is 4.88 Å². The summed E-state index contributed by atoms with van der Waals surface area (Å²) in [6, 6.07) is 25.6. The number of thiophene rings is 1. The summed E-state index contributed by atoms with van der Waals surface area (Å²) >= 11 is 5.12. The van der Waals surface area contributed by atoms with Gasteiger partial charge < -0.3 is 10.1 Å². The number of rotatable bonds is 7. The molecule has 1 aliphatic rings. The van der Waals surface area contributed by atoms with Gasteiger partial charge in [0.2, 0.25) is 0 Å². The van der Waals surface area contributed by atoms with Crippen LogP contribution in [0, 0.1) is 11.3 Å². The van der Waals surface area contributed by atoms with Gasteiger partial charge in [0.25, 0.3) is 5.91 Å². The SMILES string of the molecule is CC(C)(C)[C@H]1CCc2c(sc(N=Cc3ccc(OCc4ccc(Br)cc4)cc3)c2C(=O)Nc2ccccc2)C1. The number of benzene rings is 3. The van der Waals surface area contributed by atoms with Crippen LogP contribution in [0.15, 0.2) is 88.3 Å². The number of aliphatic imine (C=N–C) groups is 1. The van der Waals surface area contributed by atoms with Crippen molar-refractivity contribution in [2.45, 2.75) is 46.6 Å². The van der Waals surface area contributed by atoms with Gasteiger partial charge in [-0.25, -0.2) is 4.99 Å². The lowest BCUT2D eigenvalue weighted by Crippen LogP contribution is -2.27. The molecule has 1 atom stereocenters. The third-order valence-corrected chi connectivity index (χ3v) is 8.95. The molecule has 6 heteroatoms. The number of hydrogen-bond acceptors (Lipinski definition) is 4.